The van der Waals surface area contributed by atoms with Gasteiger partial charge in [-0.15, -0.1) is 0 Å². The van der Waals surface area contributed by atoms with Crippen LogP contribution in [0.1, 0.15) is 5.56 Å². The first-order chi connectivity index (χ1) is 10.1. The van der Waals surface area contributed by atoms with Crippen molar-refractivity contribution in [3.8, 4) is 0 Å². The van der Waals surface area contributed by atoms with E-state index in [0.717, 1.165) is 16.3 Å². The molecule has 4 nitrogen and oxygen atoms in total. The van der Waals surface area contributed by atoms with E-state index in [0.29, 0.717) is 12.3 Å². The fourth-order valence-corrected chi connectivity index (χ4v) is 2.43. The highest BCUT2D eigenvalue weighted by Crippen LogP contribution is 2.14. The Balaban J connectivity index is 1.76. The minimum atomic E-state index is 0.0161. The lowest BCUT2D eigenvalue weighted by Crippen LogP contribution is -2.24. The predicted octanol–water partition coefficient (Wildman–Crippen LogP) is 2.56. The molecule has 1 amide bonds. The first-order valence-corrected chi connectivity index (χ1v) is 7.70. The van der Waals surface area contributed by atoms with E-state index in [1.165, 1.54) is 11.8 Å². The first kappa shape index (κ1) is 15.4. The molecular formula is C16H19N3OS. The second kappa shape index (κ2) is 7.69. The zero-order chi connectivity index (χ0) is 15.1. The largest absolute Gasteiger partial charge is 0.378 e. The summed E-state index contributed by atoms with van der Waals surface area (Å²) in [5.41, 5.74) is 2.24. The topological polar surface area (TPSA) is 45.2 Å². The van der Waals surface area contributed by atoms with Crippen molar-refractivity contribution in [3.05, 3.63) is 54.2 Å². The summed E-state index contributed by atoms with van der Waals surface area (Å²) < 4.78 is 0. The van der Waals surface area contributed by atoms with Crippen molar-refractivity contribution in [1.82, 2.24) is 10.3 Å². The Labute approximate surface area is 129 Å². The highest BCUT2D eigenvalue weighted by Gasteiger charge is 2.03. The number of hydrogen-bond donors (Lipinski definition) is 1. The molecule has 110 valence electrons. The maximum atomic E-state index is 11.8. The molecule has 2 aromatic rings. The van der Waals surface area contributed by atoms with E-state index >= 15 is 0 Å². The van der Waals surface area contributed by atoms with Crippen molar-refractivity contribution >= 4 is 23.4 Å². The average molecular weight is 301 g/mol. The maximum absolute atomic E-state index is 11.8. The number of benzene rings is 1. The number of pyridine rings is 1. The van der Waals surface area contributed by atoms with Crippen LogP contribution in [0.2, 0.25) is 0 Å². The van der Waals surface area contributed by atoms with Gasteiger partial charge in [0.25, 0.3) is 0 Å². The summed E-state index contributed by atoms with van der Waals surface area (Å²) in [6, 6.07) is 13.8. The summed E-state index contributed by atoms with van der Waals surface area (Å²) in [5.74, 6) is 0.398. The molecule has 2 rings (SSSR count). The molecule has 21 heavy (non-hydrogen) atoms. The number of hydrogen-bond acceptors (Lipinski definition) is 4. The van der Waals surface area contributed by atoms with Crippen LogP contribution in [-0.4, -0.2) is 30.7 Å². The summed E-state index contributed by atoms with van der Waals surface area (Å²) in [6.07, 6.45) is 1.73. The Kier molecular flexibility index (Phi) is 5.63. The number of anilines is 1. The molecule has 0 radical (unpaired) electrons. The Morgan fingerprint density at radius 2 is 1.95 bits per heavy atom. The van der Waals surface area contributed by atoms with E-state index in [-0.39, 0.29) is 5.91 Å². The molecule has 0 bridgehead atoms. The zero-order valence-corrected chi connectivity index (χ0v) is 13.1. The number of amides is 1. The molecule has 1 aromatic carbocycles. The quantitative estimate of drug-likeness (QED) is 0.833. The van der Waals surface area contributed by atoms with Gasteiger partial charge in [-0.1, -0.05) is 30.0 Å². The van der Waals surface area contributed by atoms with Crippen LogP contribution < -0.4 is 10.2 Å². The molecule has 0 aliphatic heterocycles. The lowest BCUT2D eigenvalue weighted by Gasteiger charge is -2.12. The number of thioether (sulfide) groups is 1. The fraction of sp³-hybridized carbons (Fsp3) is 0.250. The van der Waals surface area contributed by atoms with E-state index < -0.39 is 0 Å². The summed E-state index contributed by atoms with van der Waals surface area (Å²) in [5, 5.41) is 3.78. The van der Waals surface area contributed by atoms with Crippen molar-refractivity contribution in [2.75, 3.05) is 24.7 Å². The molecular weight excluding hydrogens is 282 g/mol. The van der Waals surface area contributed by atoms with Crippen molar-refractivity contribution in [1.29, 1.82) is 0 Å². The summed E-state index contributed by atoms with van der Waals surface area (Å²) >= 11 is 1.44. The van der Waals surface area contributed by atoms with E-state index in [1.807, 2.05) is 61.5 Å². The Morgan fingerprint density at radius 3 is 2.57 bits per heavy atom. The summed E-state index contributed by atoms with van der Waals surface area (Å²) in [6.45, 7) is 0.551. The third-order valence-corrected chi connectivity index (χ3v) is 3.88. The van der Waals surface area contributed by atoms with Gasteiger partial charge < -0.3 is 10.2 Å². The SMILES string of the molecule is CN(C)c1ccc(CNC(=O)CSc2ccccn2)cc1. The third-order valence-electron chi connectivity index (χ3n) is 2.93. The van der Waals surface area contributed by atoms with Gasteiger partial charge in [0.15, 0.2) is 0 Å². The Morgan fingerprint density at radius 1 is 1.19 bits per heavy atom. The van der Waals surface area contributed by atoms with Gasteiger partial charge in [-0.05, 0) is 29.8 Å². The smallest absolute Gasteiger partial charge is 0.230 e. The van der Waals surface area contributed by atoms with Crippen LogP contribution in [0.5, 0.6) is 0 Å². The van der Waals surface area contributed by atoms with Gasteiger partial charge in [-0.25, -0.2) is 4.98 Å². The Bertz CT molecular complexity index is 570. The van der Waals surface area contributed by atoms with Crippen LogP contribution in [0, 0.1) is 0 Å². The number of nitrogens with zero attached hydrogens (tertiary/aromatic N) is 2. The van der Waals surface area contributed by atoms with Gasteiger partial charge in [0.05, 0.1) is 10.8 Å². The highest BCUT2D eigenvalue weighted by atomic mass is 32.2. The van der Waals surface area contributed by atoms with Gasteiger partial charge in [0.1, 0.15) is 0 Å². The van der Waals surface area contributed by atoms with Crippen LogP contribution in [0.4, 0.5) is 5.69 Å². The normalized spacial score (nSPS) is 10.2. The van der Waals surface area contributed by atoms with Crippen LogP contribution in [0.25, 0.3) is 0 Å². The Hall–Kier alpha value is -2.01. The first-order valence-electron chi connectivity index (χ1n) is 6.72. The molecule has 0 spiro atoms. The molecule has 0 saturated carbocycles. The average Bonchev–Trinajstić information content (AvgIpc) is 2.52. The number of aromatic nitrogens is 1. The van der Waals surface area contributed by atoms with E-state index in [9.17, 15) is 4.79 Å². The molecule has 0 saturated heterocycles. The standard InChI is InChI=1S/C16H19N3OS/c1-19(2)14-8-6-13(7-9-14)11-18-15(20)12-21-16-5-3-4-10-17-16/h3-10H,11-12H2,1-2H3,(H,18,20). The molecule has 1 heterocycles. The third kappa shape index (κ3) is 5.11. The van der Waals surface area contributed by atoms with E-state index in [2.05, 4.69) is 10.3 Å². The number of rotatable bonds is 6. The molecule has 1 aromatic heterocycles. The monoisotopic (exact) mass is 301 g/mol. The van der Waals surface area contributed by atoms with Gasteiger partial charge in [-0.3, -0.25) is 4.79 Å². The number of carbonyl (C=O) groups is 1. The second-order valence-electron chi connectivity index (χ2n) is 4.79. The second-order valence-corrected chi connectivity index (χ2v) is 5.79. The lowest BCUT2D eigenvalue weighted by molar-refractivity contribution is -0.118. The van der Waals surface area contributed by atoms with Crippen molar-refractivity contribution < 1.29 is 4.79 Å². The van der Waals surface area contributed by atoms with Gasteiger partial charge in [0.2, 0.25) is 5.91 Å². The number of nitrogens with one attached hydrogen (secondary N) is 1. The fourth-order valence-electron chi connectivity index (χ4n) is 1.74. The zero-order valence-electron chi connectivity index (χ0n) is 12.2. The molecule has 0 fully saturated rings. The van der Waals surface area contributed by atoms with Gasteiger partial charge >= 0.3 is 0 Å². The molecule has 0 unspecified atom stereocenters. The van der Waals surface area contributed by atoms with Crippen molar-refractivity contribution in [2.45, 2.75) is 11.6 Å². The molecule has 0 aliphatic carbocycles. The minimum Gasteiger partial charge on any atom is -0.378 e. The van der Waals surface area contributed by atoms with Crippen LogP contribution in [0.3, 0.4) is 0 Å². The molecule has 1 N–H and O–H groups in total. The van der Waals surface area contributed by atoms with Crippen molar-refractivity contribution in [3.63, 3.8) is 0 Å². The van der Waals surface area contributed by atoms with Gasteiger partial charge in [0, 0.05) is 32.5 Å². The maximum Gasteiger partial charge on any atom is 0.230 e. The highest BCUT2D eigenvalue weighted by molar-refractivity contribution is 7.99. The van der Waals surface area contributed by atoms with E-state index in [4.69, 9.17) is 0 Å². The van der Waals surface area contributed by atoms with Crippen LogP contribution in [-0.2, 0) is 11.3 Å². The minimum absolute atomic E-state index is 0.0161. The predicted molar refractivity (Wildman–Crippen MR) is 87.6 cm³/mol. The van der Waals surface area contributed by atoms with E-state index in [1.54, 1.807) is 6.20 Å². The summed E-state index contributed by atoms with van der Waals surface area (Å²) in [7, 11) is 4.01. The van der Waals surface area contributed by atoms with Crippen molar-refractivity contribution in [2.24, 2.45) is 0 Å². The molecule has 5 heteroatoms. The number of carbonyl (C=O) groups excluding carboxylic acids is 1. The summed E-state index contributed by atoms with van der Waals surface area (Å²) in [4.78, 5) is 18.0. The molecule has 0 atom stereocenters. The van der Waals surface area contributed by atoms with Crippen LogP contribution in [0.15, 0.2) is 53.7 Å². The van der Waals surface area contributed by atoms with Gasteiger partial charge in [-0.2, -0.15) is 0 Å². The molecule has 0 aliphatic rings. The van der Waals surface area contributed by atoms with Crippen LogP contribution >= 0.6 is 11.8 Å². The lowest BCUT2D eigenvalue weighted by atomic mass is 10.2.